The number of aliphatic hydroxyl groups is 1. The zero-order chi connectivity index (χ0) is 18.8. The second-order valence-corrected chi connectivity index (χ2v) is 5.98. The molecule has 3 aromatic rings. The van der Waals surface area contributed by atoms with E-state index in [1.54, 1.807) is 24.5 Å². The highest BCUT2D eigenvalue weighted by molar-refractivity contribution is 5.95. The van der Waals surface area contributed by atoms with Crippen LogP contribution in [-0.4, -0.2) is 31.7 Å². The standard InChI is InChI=1S/C18H17FN4O3/c1-10(24)8-23-9-13(5-15(19)18(23)26)12-4-14-11(2-3-16(20)25)6-21-17(14)22-7-12/h2-7,9-10,24H,8H2,1H3,(H2,20,25)(H,21,22). The van der Waals surface area contributed by atoms with Crippen molar-refractivity contribution in [3.8, 4) is 11.1 Å². The summed E-state index contributed by atoms with van der Waals surface area (Å²) in [5, 5.41) is 10.2. The van der Waals surface area contributed by atoms with Gasteiger partial charge in [-0.1, -0.05) is 0 Å². The fourth-order valence-electron chi connectivity index (χ4n) is 2.67. The van der Waals surface area contributed by atoms with E-state index < -0.39 is 23.4 Å². The molecule has 1 amide bonds. The zero-order valence-corrected chi connectivity index (χ0v) is 13.9. The second-order valence-electron chi connectivity index (χ2n) is 5.98. The summed E-state index contributed by atoms with van der Waals surface area (Å²) < 4.78 is 15.1. The molecule has 1 unspecified atom stereocenters. The summed E-state index contributed by atoms with van der Waals surface area (Å²) in [5.41, 5.74) is 6.65. The molecule has 7 nitrogen and oxygen atoms in total. The molecule has 3 heterocycles. The molecule has 4 N–H and O–H groups in total. The summed E-state index contributed by atoms with van der Waals surface area (Å²) in [6.07, 6.45) is 6.70. The van der Waals surface area contributed by atoms with Crippen LogP contribution in [0.1, 0.15) is 12.5 Å². The third kappa shape index (κ3) is 3.55. The van der Waals surface area contributed by atoms with Crippen molar-refractivity contribution in [1.82, 2.24) is 14.5 Å². The number of amides is 1. The molecule has 0 aliphatic rings. The summed E-state index contributed by atoms with van der Waals surface area (Å²) in [5.74, 6) is -1.48. The fourth-order valence-corrected chi connectivity index (χ4v) is 2.67. The molecular formula is C18H17FN4O3. The third-order valence-electron chi connectivity index (χ3n) is 3.83. The fraction of sp³-hybridized carbons (Fsp3) is 0.167. The predicted molar refractivity (Wildman–Crippen MR) is 95.7 cm³/mol. The van der Waals surface area contributed by atoms with E-state index in [-0.39, 0.29) is 6.54 Å². The largest absolute Gasteiger partial charge is 0.392 e. The van der Waals surface area contributed by atoms with Crippen LogP contribution in [0.4, 0.5) is 4.39 Å². The number of hydrogen-bond donors (Lipinski definition) is 3. The van der Waals surface area contributed by atoms with Gasteiger partial charge in [0.05, 0.1) is 12.6 Å². The topological polar surface area (TPSA) is 114 Å². The van der Waals surface area contributed by atoms with Crippen molar-refractivity contribution in [2.45, 2.75) is 19.6 Å². The van der Waals surface area contributed by atoms with Gasteiger partial charge in [0.15, 0.2) is 5.82 Å². The molecule has 0 aliphatic carbocycles. The normalized spacial score (nSPS) is 12.7. The van der Waals surface area contributed by atoms with Crippen LogP contribution in [-0.2, 0) is 11.3 Å². The number of nitrogens with zero attached hydrogens (tertiary/aromatic N) is 2. The first kappa shape index (κ1) is 17.6. The van der Waals surface area contributed by atoms with Gasteiger partial charge >= 0.3 is 0 Å². The van der Waals surface area contributed by atoms with Gasteiger partial charge in [-0.15, -0.1) is 0 Å². The minimum Gasteiger partial charge on any atom is -0.392 e. The molecule has 0 radical (unpaired) electrons. The van der Waals surface area contributed by atoms with E-state index >= 15 is 0 Å². The smallest absolute Gasteiger partial charge is 0.286 e. The monoisotopic (exact) mass is 356 g/mol. The summed E-state index contributed by atoms with van der Waals surface area (Å²) in [6, 6.07) is 2.90. The Morgan fingerprint density at radius 1 is 1.46 bits per heavy atom. The van der Waals surface area contributed by atoms with E-state index in [1.165, 1.54) is 19.2 Å². The number of hydrogen-bond acceptors (Lipinski definition) is 4. The number of H-pyrrole nitrogens is 1. The third-order valence-corrected chi connectivity index (χ3v) is 3.83. The van der Waals surface area contributed by atoms with Gasteiger partial charge in [0.25, 0.3) is 5.56 Å². The lowest BCUT2D eigenvalue weighted by Crippen LogP contribution is -2.27. The Morgan fingerprint density at radius 3 is 2.92 bits per heavy atom. The Kier molecular flexibility index (Phi) is 4.68. The van der Waals surface area contributed by atoms with Gasteiger partial charge in [0.2, 0.25) is 5.91 Å². The van der Waals surface area contributed by atoms with Crippen molar-refractivity contribution in [1.29, 1.82) is 0 Å². The van der Waals surface area contributed by atoms with E-state index in [0.29, 0.717) is 27.7 Å². The van der Waals surface area contributed by atoms with Gasteiger partial charge in [-0.25, -0.2) is 9.37 Å². The molecule has 8 heteroatoms. The molecule has 3 rings (SSSR count). The Hall–Kier alpha value is -3.26. The van der Waals surface area contributed by atoms with Crippen LogP contribution in [0.15, 0.2) is 41.6 Å². The minimum absolute atomic E-state index is 0.0178. The number of carbonyl (C=O) groups is 1. The lowest BCUT2D eigenvalue weighted by atomic mass is 10.1. The highest BCUT2D eigenvalue weighted by atomic mass is 19.1. The quantitative estimate of drug-likeness (QED) is 0.600. The van der Waals surface area contributed by atoms with Gasteiger partial charge in [0.1, 0.15) is 5.65 Å². The van der Waals surface area contributed by atoms with E-state index in [1.807, 2.05) is 0 Å². The first-order valence-corrected chi connectivity index (χ1v) is 7.88. The number of aliphatic hydroxyl groups excluding tert-OH is 1. The van der Waals surface area contributed by atoms with Crippen molar-refractivity contribution < 1.29 is 14.3 Å². The molecule has 1 atom stereocenters. The number of aromatic amines is 1. The Balaban J connectivity index is 2.10. The molecule has 0 spiro atoms. The van der Waals surface area contributed by atoms with Gasteiger partial charge in [0, 0.05) is 46.7 Å². The number of pyridine rings is 2. The number of aromatic nitrogens is 3. The van der Waals surface area contributed by atoms with Crippen LogP contribution < -0.4 is 11.3 Å². The summed E-state index contributed by atoms with van der Waals surface area (Å²) >= 11 is 0. The molecule has 0 aliphatic heterocycles. The Labute approximate surface area is 147 Å². The van der Waals surface area contributed by atoms with Gasteiger partial charge < -0.3 is 20.4 Å². The van der Waals surface area contributed by atoms with E-state index in [9.17, 15) is 19.1 Å². The lowest BCUT2D eigenvalue weighted by molar-refractivity contribution is -0.113. The van der Waals surface area contributed by atoms with Crippen LogP contribution in [0.2, 0.25) is 0 Å². The summed E-state index contributed by atoms with van der Waals surface area (Å²) in [4.78, 5) is 30.0. The zero-order valence-electron chi connectivity index (χ0n) is 13.9. The number of halogens is 1. The second kappa shape index (κ2) is 6.93. The van der Waals surface area contributed by atoms with Crippen LogP contribution >= 0.6 is 0 Å². The summed E-state index contributed by atoms with van der Waals surface area (Å²) in [7, 11) is 0. The average molecular weight is 356 g/mol. The van der Waals surface area contributed by atoms with Crippen molar-refractivity contribution in [2.75, 3.05) is 0 Å². The Morgan fingerprint density at radius 2 is 2.23 bits per heavy atom. The maximum atomic E-state index is 14.0. The number of primary amides is 1. The van der Waals surface area contributed by atoms with Gasteiger partial charge in [-0.05, 0) is 25.1 Å². The number of carbonyl (C=O) groups excluding carboxylic acids is 1. The van der Waals surface area contributed by atoms with Crippen molar-refractivity contribution in [3.63, 3.8) is 0 Å². The molecule has 0 saturated carbocycles. The first-order valence-electron chi connectivity index (χ1n) is 7.88. The Bertz CT molecular complexity index is 1070. The molecule has 134 valence electrons. The van der Waals surface area contributed by atoms with Crippen molar-refractivity contribution >= 4 is 23.0 Å². The maximum absolute atomic E-state index is 14.0. The predicted octanol–water partition coefficient (Wildman–Crippen LogP) is 1.41. The molecule has 26 heavy (non-hydrogen) atoms. The molecule has 0 aromatic carbocycles. The van der Waals surface area contributed by atoms with E-state index in [2.05, 4.69) is 9.97 Å². The van der Waals surface area contributed by atoms with E-state index in [0.717, 1.165) is 10.6 Å². The minimum atomic E-state index is -0.911. The van der Waals surface area contributed by atoms with Gasteiger partial charge in [-0.2, -0.15) is 0 Å². The molecule has 0 bridgehead atoms. The number of fused-ring (bicyclic) bond motifs is 1. The molecule has 0 saturated heterocycles. The highest BCUT2D eigenvalue weighted by Gasteiger charge is 2.11. The molecule has 3 aromatic heterocycles. The van der Waals surface area contributed by atoms with Crippen molar-refractivity contribution in [3.05, 3.63) is 58.5 Å². The molecule has 0 fully saturated rings. The van der Waals surface area contributed by atoms with Crippen LogP contribution in [0.5, 0.6) is 0 Å². The highest BCUT2D eigenvalue weighted by Crippen LogP contribution is 2.25. The average Bonchev–Trinajstić information content (AvgIpc) is 2.98. The van der Waals surface area contributed by atoms with Crippen LogP contribution in [0.25, 0.3) is 28.2 Å². The lowest BCUT2D eigenvalue weighted by Gasteiger charge is -2.11. The van der Waals surface area contributed by atoms with Gasteiger partial charge in [-0.3, -0.25) is 9.59 Å². The first-order chi connectivity index (χ1) is 12.3. The summed E-state index contributed by atoms with van der Waals surface area (Å²) in [6.45, 7) is 1.50. The number of nitrogens with one attached hydrogen (secondary N) is 1. The SMILES string of the molecule is CC(O)Cn1cc(-c2cnc3[nH]cc(C=CC(N)=O)c3c2)cc(F)c1=O. The van der Waals surface area contributed by atoms with Crippen molar-refractivity contribution in [2.24, 2.45) is 5.73 Å². The van der Waals surface area contributed by atoms with E-state index in [4.69, 9.17) is 5.73 Å². The molecular weight excluding hydrogens is 339 g/mol. The number of nitrogens with two attached hydrogens (primary N) is 1. The van der Waals surface area contributed by atoms with Crippen LogP contribution in [0, 0.1) is 5.82 Å². The number of rotatable bonds is 5. The maximum Gasteiger partial charge on any atom is 0.286 e. The van der Waals surface area contributed by atoms with Crippen LogP contribution in [0.3, 0.4) is 0 Å².